The molecule has 2 aromatic carbocycles. The third kappa shape index (κ3) is 2.05. The molecule has 0 aromatic heterocycles. The minimum Gasteiger partial charge on any atom is -0.497 e. The molecule has 0 radical (unpaired) electrons. The van der Waals surface area contributed by atoms with Gasteiger partial charge in [0.15, 0.2) is 5.78 Å². The van der Waals surface area contributed by atoms with E-state index in [9.17, 15) is 4.79 Å². The van der Waals surface area contributed by atoms with Crippen LogP contribution < -0.4 is 9.47 Å². The van der Waals surface area contributed by atoms with Crippen LogP contribution in [0, 0.1) is 0 Å². The van der Waals surface area contributed by atoms with Crippen molar-refractivity contribution < 1.29 is 14.3 Å². The van der Waals surface area contributed by atoms with Crippen LogP contribution in [0.4, 0.5) is 0 Å². The molecule has 3 nitrogen and oxygen atoms in total. The molecule has 1 aliphatic rings. The van der Waals surface area contributed by atoms with Gasteiger partial charge >= 0.3 is 0 Å². The third-order valence-corrected chi connectivity index (χ3v) is 3.84. The summed E-state index contributed by atoms with van der Waals surface area (Å²) in [4.78, 5) is 12.5. The molecule has 20 heavy (non-hydrogen) atoms. The summed E-state index contributed by atoms with van der Waals surface area (Å²) in [6.45, 7) is 0. The van der Waals surface area contributed by atoms with Gasteiger partial charge in [0.25, 0.3) is 0 Å². The van der Waals surface area contributed by atoms with Crippen LogP contribution in [0.1, 0.15) is 27.4 Å². The van der Waals surface area contributed by atoms with Gasteiger partial charge in [0.05, 0.1) is 20.1 Å². The average Bonchev–Trinajstić information content (AvgIpc) is 2.84. The van der Waals surface area contributed by atoms with Crippen LogP contribution >= 0.6 is 0 Å². The first-order valence-electron chi connectivity index (χ1n) is 6.58. The molecule has 0 amide bonds. The zero-order valence-electron chi connectivity index (χ0n) is 11.6. The minimum absolute atomic E-state index is 0.0944. The quantitative estimate of drug-likeness (QED) is 0.857. The van der Waals surface area contributed by atoms with E-state index in [2.05, 4.69) is 0 Å². The second-order valence-electron chi connectivity index (χ2n) is 4.92. The smallest absolute Gasteiger partial charge is 0.170 e. The van der Waals surface area contributed by atoms with Crippen molar-refractivity contribution in [3.05, 3.63) is 59.2 Å². The Labute approximate surface area is 118 Å². The fourth-order valence-corrected chi connectivity index (χ4v) is 2.71. The van der Waals surface area contributed by atoms with Crippen LogP contribution in [-0.2, 0) is 6.42 Å². The van der Waals surface area contributed by atoms with Crippen LogP contribution in [0.2, 0.25) is 0 Å². The van der Waals surface area contributed by atoms with Gasteiger partial charge in [0.1, 0.15) is 11.5 Å². The maximum atomic E-state index is 12.5. The van der Waals surface area contributed by atoms with Gasteiger partial charge in [-0.05, 0) is 47.9 Å². The van der Waals surface area contributed by atoms with Gasteiger partial charge in [0.2, 0.25) is 0 Å². The van der Waals surface area contributed by atoms with Crippen LogP contribution in [0.5, 0.6) is 11.5 Å². The van der Waals surface area contributed by atoms with Crippen molar-refractivity contribution in [2.45, 2.75) is 12.3 Å². The molecule has 0 unspecified atom stereocenters. The largest absolute Gasteiger partial charge is 0.497 e. The molecular formula is C17H16O3. The fourth-order valence-electron chi connectivity index (χ4n) is 2.71. The number of ketones is 1. The molecule has 0 bridgehead atoms. The van der Waals surface area contributed by atoms with Crippen molar-refractivity contribution in [1.29, 1.82) is 0 Å². The van der Waals surface area contributed by atoms with Crippen molar-refractivity contribution in [2.75, 3.05) is 14.2 Å². The monoisotopic (exact) mass is 268 g/mol. The van der Waals surface area contributed by atoms with E-state index < -0.39 is 0 Å². The lowest BCUT2D eigenvalue weighted by Gasteiger charge is -2.09. The molecule has 1 atom stereocenters. The predicted molar refractivity (Wildman–Crippen MR) is 76.8 cm³/mol. The van der Waals surface area contributed by atoms with Crippen LogP contribution in [0.3, 0.4) is 0 Å². The van der Waals surface area contributed by atoms with Gasteiger partial charge in [-0.2, -0.15) is 0 Å². The Bertz CT molecular complexity index is 644. The number of benzene rings is 2. The molecule has 0 spiro atoms. The summed E-state index contributed by atoms with van der Waals surface area (Å²) in [6, 6.07) is 13.4. The summed E-state index contributed by atoms with van der Waals surface area (Å²) in [5.41, 5.74) is 2.91. The number of carbonyl (C=O) groups excluding carboxylic acids is 1. The lowest BCUT2D eigenvalue weighted by atomic mass is 9.95. The third-order valence-electron chi connectivity index (χ3n) is 3.84. The summed E-state index contributed by atoms with van der Waals surface area (Å²) < 4.78 is 10.4. The van der Waals surface area contributed by atoms with E-state index in [1.807, 2.05) is 42.5 Å². The van der Waals surface area contributed by atoms with E-state index in [1.165, 1.54) is 0 Å². The maximum absolute atomic E-state index is 12.5. The van der Waals surface area contributed by atoms with Gasteiger partial charge in [-0.3, -0.25) is 4.79 Å². The van der Waals surface area contributed by atoms with Gasteiger partial charge in [0, 0.05) is 5.56 Å². The van der Waals surface area contributed by atoms with Crippen molar-refractivity contribution in [2.24, 2.45) is 0 Å². The Kier molecular flexibility index (Phi) is 3.18. The fraction of sp³-hybridized carbons (Fsp3) is 0.235. The highest BCUT2D eigenvalue weighted by atomic mass is 16.5. The highest BCUT2D eigenvalue weighted by Gasteiger charge is 2.31. The van der Waals surface area contributed by atoms with Crippen LogP contribution in [0.15, 0.2) is 42.5 Å². The Balaban J connectivity index is 1.92. The summed E-state index contributed by atoms with van der Waals surface area (Å²) in [7, 11) is 3.28. The first kappa shape index (κ1) is 12.7. The number of fused-ring (bicyclic) bond motifs is 1. The zero-order valence-corrected chi connectivity index (χ0v) is 11.6. The van der Waals surface area contributed by atoms with Gasteiger partial charge in [-0.1, -0.05) is 12.1 Å². The summed E-state index contributed by atoms with van der Waals surface area (Å²) >= 11 is 0. The normalized spacial score (nSPS) is 16.9. The van der Waals surface area contributed by atoms with Crippen molar-refractivity contribution in [3.8, 4) is 11.5 Å². The molecule has 3 heteroatoms. The molecule has 0 saturated heterocycles. The maximum Gasteiger partial charge on any atom is 0.170 e. The number of hydrogen-bond donors (Lipinski definition) is 0. The molecule has 0 heterocycles. The standard InChI is InChI=1S/C17H16O3/c1-19-13-5-3-11(4-6-13)16-10-12-9-14(20-2)7-8-15(12)17(16)18/h3-9,16H,10H2,1-2H3/t16-/m1/s1. The number of methoxy groups -OCH3 is 2. The zero-order chi connectivity index (χ0) is 14.1. The molecule has 0 fully saturated rings. The Morgan fingerprint density at radius 3 is 2.25 bits per heavy atom. The highest BCUT2D eigenvalue weighted by Crippen LogP contribution is 2.36. The van der Waals surface area contributed by atoms with E-state index in [0.717, 1.165) is 34.6 Å². The van der Waals surface area contributed by atoms with Crippen LogP contribution in [0.25, 0.3) is 0 Å². The molecule has 3 rings (SSSR count). The number of Topliss-reactive ketones (excluding diaryl/α,β-unsaturated/α-hetero) is 1. The summed E-state index contributed by atoms with van der Waals surface area (Å²) in [5, 5.41) is 0. The van der Waals surface area contributed by atoms with E-state index in [0.29, 0.717) is 0 Å². The molecule has 102 valence electrons. The molecule has 0 N–H and O–H groups in total. The highest BCUT2D eigenvalue weighted by molar-refractivity contribution is 6.05. The van der Waals surface area contributed by atoms with Gasteiger partial charge in [-0.25, -0.2) is 0 Å². The first-order valence-corrected chi connectivity index (χ1v) is 6.58. The second kappa shape index (κ2) is 5.00. The summed E-state index contributed by atoms with van der Waals surface area (Å²) in [5.74, 6) is 1.70. The molecular weight excluding hydrogens is 252 g/mol. The Hall–Kier alpha value is -2.29. The minimum atomic E-state index is -0.0944. The first-order chi connectivity index (χ1) is 9.72. The van der Waals surface area contributed by atoms with E-state index >= 15 is 0 Å². The van der Waals surface area contributed by atoms with E-state index in [1.54, 1.807) is 14.2 Å². The number of ether oxygens (including phenoxy) is 2. The average molecular weight is 268 g/mol. The molecule has 0 saturated carbocycles. The lowest BCUT2D eigenvalue weighted by molar-refractivity contribution is 0.0973. The SMILES string of the molecule is COc1ccc([C@H]2Cc3cc(OC)ccc3C2=O)cc1. The molecule has 0 aliphatic heterocycles. The van der Waals surface area contributed by atoms with Crippen molar-refractivity contribution >= 4 is 5.78 Å². The number of hydrogen-bond acceptors (Lipinski definition) is 3. The number of carbonyl (C=O) groups is 1. The number of rotatable bonds is 3. The van der Waals surface area contributed by atoms with E-state index in [4.69, 9.17) is 9.47 Å². The molecule has 2 aromatic rings. The van der Waals surface area contributed by atoms with Crippen molar-refractivity contribution in [1.82, 2.24) is 0 Å². The Morgan fingerprint density at radius 1 is 0.950 bits per heavy atom. The van der Waals surface area contributed by atoms with E-state index in [-0.39, 0.29) is 11.7 Å². The topological polar surface area (TPSA) is 35.5 Å². The predicted octanol–water partition coefficient (Wildman–Crippen LogP) is 3.23. The second-order valence-corrected chi connectivity index (χ2v) is 4.92. The molecule has 1 aliphatic carbocycles. The Morgan fingerprint density at radius 2 is 1.60 bits per heavy atom. The lowest BCUT2D eigenvalue weighted by Crippen LogP contribution is -2.06. The van der Waals surface area contributed by atoms with Gasteiger partial charge < -0.3 is 9.47 Å². The van der Waals surface area contributed by atoms with Crippen molar-refractivity contribution in [3.63, 3.8) is 0 Å². The van der Waals surface area contributed by atoms with Crippen LogP contribution in [-0.4, -0.2) is 20.0 Å². The van der Waals surface area contributed by atoms with Gasteiger partial charge in [-0.15, -0.1) is 0 Å². The summed E-state index contributed by atoms with van der Waals surface area (Å²) in [6.07, 6.45) is 0.734.